The van der Waals surface area contributed by atoms with Crippen LogP contribution in [0.5, 0.6) is 0 Å². The molecule has 1 rings (SSSR count). The fourth-order valence-corrected chi connectivity index (χ4v) is 1.44. The number of nitro benzene ring substituents is 1. The van der Waals surface area contributed by atoms with E-state index in [0.717, 1.165) is 18.2 Å². The summed E-state index contributed by atoms with van der Waals surface area (Å²) >= 11 is 0. The summed E-state index contributed by atoms with van der Waals surface area (Å²) in [6.07, 6.45) is 0. The zero-order valence-electron chi connectivity index (χ0n) is 10.4. The zero-order valence-corrected chi connectivity index (χ0v) is 10.4. The summed E-state index contributed by atoms with van der Waals surface area (Å²) in [4.78, 5) is 21.6. The number of carbonyl (C=O) groups is 1. The molecule has 0 aliphatic carbocycles. The number of hydrogen-bond donors (Lipinski definition) is 1. The van der Waals surface area contributed by atoms with Gasteiger partial charge in [-0.15, -0.1) is 0 Å². The third-order valence-corrected chi connectivity index (χ3v) is 2.51. The van der Waals surface area contributed by atoms with Crippen LogP contribution in [0, 0.1) is 39.1 Å². The van der Waals surface area contributed by atoms with E-state index < -0.39 is 22.6 Å². The Morgan fingerprint density at radius 2 is 2.16 bits per heavy atom. The monoisotopic (exact) mass is 265 g/mol. The van der Waals surface area contributed by atoms with Crippen molar-refractivity contribution in [3.63, 3.8) is 0 Å². The average Bonchev–Trinajstić information content (AvgIpc) is 2.31. The standard InChI is InChI=1S/C12H12FN3O3/c1-7(2)9(6-14)12(17)15-11-5-8(16(18)19)3-4-10(11)13/h3-5,7,9H,1-2H3,(H,15,17). The zero-order chi connectivity index (χ0) is 14.6. The molecule has 0 aromatic heterocycles. The van der Waals surface area contributed by atoms with Crippen LogP contribution in [0.1, 0.15) is 13.8 Å². The van der Waals surface area contributed by atoms with Gasteiger partial charge in [-0.25, -0.2) is 4.39 Å². The van der Waals surface area contributed by atoms with Crippen LogP contribution >= 0.6 is 0 Å². The summed E-state index contributed by atoms with van der Waals surface area (Å²) in [5, 5.41) is 21.6. The largest absolute Gasteiger partial charge is 0.322 e. The number of nitrogens with one attached hydrogen (secondary N) is 1. The molecule has 1 N–H and O–H groups in total. The average molecular weight is 265 g/mol. The molecule has 0 aliphatic heterocycles. The molecule has 1 unspecified atom stereocenters. The van der Waals surface area contributed by atoms with Gasteiger partial charge in [-0.1, -0.05) is 13.8 Å². The van der Waals surface area contributed by atoms with Crippen molar-refractivity contribution in [2.24, 2.45) is 11.8 Å². The van der Waals surface area contributed by atoms with Crippen LogP contribution in [0.2, 0.25) is 0 Å². The lowest BCUT2D eigenvalue weighted by Gasteiger charge is -2.13. The molecule has 0 heterocycles. The highest BCUT2D eigenvalue weighted by Crippen LogP contribution is 2.22. The van der Waals surface area contributed by atoms with Crippen LogP contribution in [0.15, 0.2) is 18.2 Å². The van der Waals surface area contributed by atoms with Gasteiger partial charge >= 0.3 is 0 Å². The van der Waals surface area contributed by atoms with Crippen molar-refractivity contribution in [3.8, 4) is 6.07 Å². The predicted octanol–water partition coefficient (Wildman–Crippen LogP) is 2.47. The van der Waals surface area contributed by atoms with Crippen molar-refractivity contribution in [2.45, 2.75) is 13.8 Å². The number of nitrogens with zero attached hydrogens (tertiary/aromatic N) is 2. The van der Waals surface area contributed by atoms with E-state index in [1.54, 1.807) is 13.8 Å². The van der Waals surface area contributed by atoms with Gasteiger partial charge in [0.2, 0.25) is 5.91 Å². The highest BCUT2D eigenvalue weighted by atomic mass is 19.1. The van der Waals surface area contributed by atoms with Gasteiger partial charge in [0, 0.05) is 12.1 Å². The van der Waals surface area contributed by atoms with E-state index in [2.05, 4.69) is 5.32 Å². The summed E-state index contributed by atoms with van der Waals surface area (Å²) in [6.45, 7) is 3.36. The molecule has 0 spiro atoms. The maximum absolute atomic E-state index is 13.4. The van der Waals surface area contributed by atoms with Crippen LogP contribution in [-0.2, 0) is 4.79 Å². The van der Waals surface area contributed by atoms with E-state index in [1.807, 2.05) is 6.07 Å². The smallest absolute Gasteiger partial charge is 0.271 e. The summed E-state index contributed by atoms with van der Waals surface area (Å²) in [5.74, 6) is -2.67. The Labute approximate surface area is 109 Å². The summed E-state index contributed by atoms with van der Waals surface area (Å²) in [6, 6.07) is 4.62. The van der Waals surface area contributed by atoms with Gasteiger partial charge in [-0.3, -0.25) is 14.9 Å². The van der Waals surface area contributed by atoms with Crippen LogP contribution in [0.3, 0.4) is 0 Å². The molecule has 0 aliphatic rings. The Balaban J connectivity index is 2.99. The molecule has 0 saturated carbocycles. The third kappa shape index (κ3) is 3.48. The van der Waals surface area contributed by atoms with Gasteiger partial charge in [0.05, 0.1) is 16.7 Å². The molecule has 1 amide bonds. The second-order valence-electron chi connectivity index (χ2n) is 4.26. The molecule has 6 nitrogen and oxygen atoms in total. The Bertz CT molecular complexity index is 552. The normalized spacial score (nSPS) is 11.7. The quantitative estimate of drug-likeness (QED) is 0.668. The Morgan fingerprint density at radius 3 is 2.63 bits per heavy atom. The van der Waals surface area contributed by atoms with E-state index >= 15 is 0 Å². The second kappa shape index (κ2) is 5.91. The Hall–Kier alpha value is -2.49. The number of nitriles is 1. The first-order valence-electron chi connectivity index (χ1n) is 5.51. The Morgan fingerprint density at radius 1 is 1.53 bits per heavy atom. The summed E-state index contributed by atoms with van der Waals surface area (Å²) in [5.41, 5.74) is -0.644. The highest BCUT2D eigenvalue weighted by molar-refractivity contribution is 5.94. The van der Waals surface area contributed by atoms with Gasteiger partial charge in [-0.2, -0.15) is 5.26 Å². The lowest BCUT2D eigenvalue weighted by atomic mass is 9.96. The molecule has 1 atom stereocenters. The number of hydrogen-bond acceptors (Lipinski definition) is 4. The van der Waals surface area contributed by atoms with Crippen LogP contribution in [0.25, 0.3) is 0 Å². The third-order valence-electron chi connectivity index (χ3n) is 2.51. The second-order valence-corrected chi connectivity index (χ2v) is 4.26. The number of anilines is 1. The number of benzene rings is 1. The van der Waals surface area contributed by atoms with Crippen LogP contribution < -0.4 is 5.32 Å². The van der Waals surface area contributed by atoms with E-state index in [1.165, 1.54) is 0 Å². The van der Waals surface area contributed by atoms with Gasteiger partial charge in [0.1, 0.15) is 11.7 Å². The molecule has 1 aromatic rings. The predicted molar refractivity (Wildman–Crippen MR) is 65.6 cm³/mol. The number of nitro groups is 1. The number of amides is 1. The lowest BCUT2D eigenvalue weighted by Crippen LogP contribution is -2.26. The van der Waals surface area contributed by atoms with E-state index in [0.29, 0.717) is 0 Å². The van der Waals surface area contributed by atoms with E-state index in [-0.39, 0.29) is 17.3 Å². The molecule has 0 fully saturated rings. The fourth-order valence-electron chi connectivity index (χ4n) is 1.44. The number of rotatable bonds is 4. The molecule has 1 aromatic carbocycles. The minimum Gasteiger partial charge on any atom is -0.322 e. The number of carbonyl (C=O) groups excluding carboxylic acids is 1. The topological polar surface area (TPSA) is 96.0 Å². The van der Waals surface area contributed by atoms with Gasteiger partial charge < -0.3 is 5.32 Å². The molecule has 7 heteroatoms. The van der Waals surface area contributed by atoms with Gasteiger partial charge in [-0.05, 0) is 12.0 Å². The Kier molecular flexibility index (Phi) is 4.53. The molecule has 0 saturated heterocycles. The van der Waals surface area contributed by atoms with Gasteiger partial charge in [0.25, 0.3) is 5.69 Å². The SMILES string of the molecule is CC(C)C(C#N)C(=O)Nc1cc([N+](=O)[O-])ccc1F. The first-order valence-corrected chi connectivity index (χ1v) is 5.51. The van der Waals surface area contributed by atoms with Crippen molar-refractivity contribution in [1.82, 2.24) is 0 Å². The first-order chi connectivity index (χ1) is 8.86. The number of halogens is 1. The van der Waals surface area contributed by atoms with Crippen LogP contribution in [0.4, 0.5) is 15.8 Å². The summed E-state index contributed by atoms with van der Waals surface area (Å²) < 4.78 is 13.4. The molecule has 0 radical (unpaired) electrons. The lowest BCUT2D eigenvalue weighted by molar-refractivity contribution is -0.384. The maximum Gasteiger partial charge on any atom is 0.271 e. The summed E-state index contributed by atoms with van der Waals surface area (Å²) in [7, 11) is 0. The molecular weight excluding hydrogens is 253 g/mol. The highest BCUT2D eigenvalue weighted by Gasteiger charge is 2.23. The van der Waals surface area contributed by atoms with E-state index in [4.69, 9.17) is 5.26 Å². The first kappa shape index (κ1) is 14.6. The number of non-ortho nitro benzene ring substituents is 1. The minimum atomic E-state index is -0.946. The van der Waals surface area contributed by atoms with Crippen molar-refractivity contribution in [1.29, 1.82) is 5.26 Å². The van der Waals surface area contributed by atoms with E-state index in [9.17, 15) is 19.3 Å². The fraction of sp³-hybridized carbons (Fsp3) is 0.333. The maximum atomic E-state index is 13.4. The molecule has 0 bridgehead atoms. The van der Waals surface area contributed by atoms with Crippen molar-refractivity contribution in [2.75, 3.05) is 5.32 Å². The molecule has 100 valence electrons. The minimum absolute atomic E-state index is 0.244. The van der Waals surface area contributed by atoms with Crippen molar-refractivity contribution >= 4 is 17.3 Å². The van der Waals surface area contributed by atoms with Crippen molar-refractivity contribution in [3.05, 3.63) is 34.1 Å². The molecule has 19 heavy (non-hydrogen) atoms. The molecular formula is C12H12FN3O3. The van der Waals surface area contributed by atoms with Crippen LogP contribution in [-0.4, -0.2) is 10.8 Å². The van der Waals surface area contributed by atoms with Gasteiger partial charge in [0.15, 0.2) is 0 Å². The van der Waals surface area contributed by atoms with Crippen molar-refractivity contribution < 1.29 is 14.1 Å².